The van der Waals surface area contributed by atoms with Gasteiger partial charge in [0.1, 0.15) is 6.04 Å². The highest BCUT2D eigenvalue weighted by Crippen LogP contribution is 2.29. The van der Waals surface area contributed by atoms with Gasteiger partial charge in [-0.05, 0) is 54.7 Å². The molecule has 1 atom stereocenters. The predicted molar refractivity (Wildman–Crippen MR) is 171 cm³/mol. The minimum absolute atomic E-state index is 0.0314. The fraction of sp³-hybridized carbons (Fsp3) is 0.375. The molecule has 0 aromatic heterocycles. The number of benzene rings is 3. The molecule has 0 aliphatic carbocycles. The molecule has 2 amide bonds. The number of sulfonamides is 1. The zero-order valence-electron chi connectivity index (χ0n) is 24.4. The lowest BCUT2D eigenvalue weighted by molar-refractivity contribution is -0.141. The average Bonchev–Trinajstić information content (AvgIpc) is 2.95. The van der Waals surface area contributed by atoms with E-state index in [0.717, 1.165) is 30.2 Å². The first-order valence-electron chi connectivity index (χ1n) is 14.1. The third kappa shape index (κ3) is 9.48. The zero-order chi connectivity index (χ0) is 30.7. The van der Waals surface area contributed by atoms with Gasteiger partial charge in [-0.2, -0.15) is 0 Å². The molecule has 0 bridgehead atoms. The Morgan fingerprint density at radius 1 is 0.905 bits per heavy atom. The van der Waals surface area contributed by atoms with Gasteiger partial charge in [0.25, 0.3) is 0 Å². The van der Waals surface area contributed by atoms with Gasteiger partial charge in [-0.15, -0.1) is 0 Å². The van der Waals surface area contributed by atoms with Crippen LogP contribution in [0.3, 0.4) is 0 Å². The molecule has 0 aliphatic heterocycles. The molecule has 3 rings (SSSR count). The van der Waals surface area contributed by atoms with Crippen molar-refractivity contribution >= 4 is 50.7 Å². The molecule has 0 unspecified atom stereocenters. The Morgan fingerprint density at radius 3 is 2.24 bits per heavy atom. The molecule has 1 N–H and O–H groups in total. The van der Waals surface area contributed by atoms with E-state index in [1.54, 1.807) is 36.1 Å². The average molecular weight is 633 g/mol. The molecule has 42 heavy (non-hydrogen) atoms. The van der Waals surface area contributed by atoms with Crippen LogP contribution in [0.5, 0.6) is 0 Å². The van der Waals surface area contributed by atoms with Crippen LogP contribution in [0.25, 0.3) is 0 Å². The first-order valence-corrected chi connectivity index (χ1v) is 16.7. The van der Waals surface area contributed by atoms with E-state index < -0.39 is 16.1 Å². The minimum Gasteiger partial charge on any atom is -0.354 e. The maximum absolute atomic E-state index is 13.9. The Hall–Kier alpha value is -3.07. The summed E-state index contributed by atoms with van der Waals surface area (Å²) in [6.07, 6.45) is 3.49. The maximum Gasteiger partial charge on any atom is 0.243 e. The summed E-state index contributed by atoms with van der Waals surface area (Å²) < 4.78 is 26.7. The van der Waals surface area contributed by atoms with Gasteiger partial charge in [0.2, 0.25) is 21.8 Å². The van der Waals surface area contributed by atoms with Gasteiger partial charge in [0.15, 0.2) is 0 Å². The van der Waals surface area contributed by atoms with Crippen LogP contribution in [0.2, 0.25) is 10.0 Å². The van der Waals surface area contributed by atoms with Gasteiger partial charge >= 0.3 is 0 Å². The molecule has 0 saturated carbocycles. The second-order valence-electron chi connectivity index (χ2n) is 10.3. The summed E-state index contributed by atoms with van der Waals surface area (Å²) in [4.78, 5) is 29.1. The molecular formula is C32H39Cl2N3O4S. The minimum atomic E-state index is -3.64. The number of amides is 2. The maximum atomic E-state index is 13.9. The van der Waals surface area contributed by atoms with Crippen LogP contribution in [-0.2, 0) is 32.6 Å². The van der Waals surface area contributed by atoms with E-state index in [0.29, 0.717) is 34.3 Å². The molecule has 0 aliphatic rings. The van der Waals surface area contributed by atoms with Crippen LogP contribution < -0.4 is 9.62 Å². The summed E-state index contributed by atoms with van der Waals surface area (Å²) in [7, 11) is -3.64. The number of rotatable bonds is 15. The summed E-state index contributed by atoms with van der Waals surface area (Å²) in [6.45, 7) is 4.54. The Bertz CT molecular complexity index is 1450. The van der Waals surface area contributed by atoms with Crippen molar-refractivity contribution in [2.45, 2.75) is 58.5 Å². The van der Waals surface area contributed by atoms with E-state index in [2.05, 4.69) is 5.32 Å². The van der Waals surface area contributed by atoms with Crippen LogP contribution in [-0.4, -0.2) is 50.5 Å². The zero-order valence-corrected chi connectivity index (χ0v) is 26.7. The Kier molecular flexibility index (Phi) is 12.7. The number of hydrogen-bond acceptors (Lipinski definition) is 4. The lowest BCUT2D eigenvalue weighted by Crippen LogP contribution is -2.50. The van der Waals surface area contributed by atoms with Crippen molar-refractivity contribution in [3.63, 3.8) is 0 Å². The standard InChI is InChI=1S/C32H39Cl2N3O4S/c1-4-5-20-35-32(39)30(22-25-13-7-6-8-14-25)36(23-26-15-9-10-16-28(26)34)31(38)19-12-21-37(42(3,40)41)29-18-11-17-27(33)24(29)2/h6-11,13-18,30H,4-5,12,19-23H2,1-3H3,(H,35,39)/t30-/m0/s1. The molecule has 0 heterocycles. The number of halogens is 2. The first kappa shape index (κ1) is 33.4. The molecule has 0 radical (unpaired) electrons. The van der Waals surface area contributed by atoms with Gasteiger partial charge < -0.3 is 10.2 Å². The quantitative estimate of drug-likeness (QED) is 0.197. The van der Waals surface area contributed by atoms with Crippen LogP contribution in [0.4, 0.5) is 5.69 Å². The van der Waals surface area contributed by atoms with Gasteiger partial charge in [-0.3, -0.25) is 13.9 Å². The predicted octanol–water partition coefficient (Wildman–Crippen LogP) is 6.40. The fourth-order valence-corrected chi connectivity index (χ4v) is 6.10. The number of nitrogens with one attached hydrogen (secondary N) is 1. The molecule has 0 saturated heterocycles. The summed E-state index contributed by atoms with van der Waals surface area (Å²) >= 11 is 12.8. The second kappa shape index (κ2) is 16.0. The Balaban J connectivity index is 1.90. The summed E-state index contributed by atoms with van der Waals surface area (Å²) in [5.41, 5.74) is 2.76. The smallest absolute Gasteiger partial charge is 0.243 e. The van der Waals surface area contributed by atoms with Crippen molar-refractivity contribution in [3.8, 4) is 0 Å². The number of nitrogens with zero attached hydrogens (tertiary/aromatic N) is 2. The molecule has 3 aromatic rings. The van der Waals surface area contributed by atoms with Gasteiger partial charge in [-0.25, -0.2) is 8.42 Å². The Morgan fingerprint density at radius 2 is 1.57 bits per heavy atom. The first-order chi connectivity index (χ1) is 20.0. The molecule has 0 fully saturated rings. The van der Waals surface area contributed by atoms with Crippen molar-refractivity contribution in [1.82, 2.24) is 10.2 Å². The van der Waals surface area contributed by atoms with E-state index in [1.165, 1.54) is 4.31 Å². The van der Waals surface area contributed by atoms with E-state index in [1.807, 2.05) is 55.5 Å². The SMILES string of the molecule is CCCCNC(=O)[C@H](Cc1ccccc1)N(Cc1ccccc1Cl)C(=O)CCCN(c1cccc(Cl)c1C)S(C)(=O)=O. The number of anilines is 1. The monoisotopic (exact) mass is 631 g/mol. The largest absolute Gasteiger partial charge is 0.354 e. The normalized spacial score (nSPS) is 12.0. The molecule has 10 heteroatoms. The van der Waals surface area contributed by atoms with Gasteiger partial charge in [-0.1, -0.05) is 91.1 Å². The highest BCUT2D eigenvalue weighted by Gasteiger charge is 2.31. The molecule has 3 aromatic carbocycles. The van der Waals surface area contributed by atoms with E-state index in [-0.39, 0.29) is 37.7 Å². The number of hydrogen-bond donors (Lipinski definition) is 1. The Labute approximate surface area is 259 Å². The lowest BCUT2D eigenvalue weighted by atomic mass is 10.0. The van der Waals surface area contributed by atoms with Gasteiger partial charge in [0.05, 0.1) is 11.9 Å². The molecule has 7 nitrogen and oxygen atoms in total. The highest BCUT2D eigenvalue weighted by atomic mass is 35.5. The highest BCUT2D eigenvalue weighted by molar-refractivity contribution is 7.92. The van der Waals surface area contributed by atoms with E-state index in [9.17, 15) is 18.0 Å². The van der Waals surface area contributed by atoms with Crippen LogP contribution >= 0.6 is 23.2 Å². The fourth-order valence-electron chi connectivity index (χ4n) is 4.72. The summed E-state index contributed by atoms with van der Waals surface area (Å²) in [5.74, 6) is -0.502. The van der Waals surface area contributed by atoms with Crippen LogP contribution in [0, 0.1) is 6.92 Å². The van der Waals surface area contributed by atoms with Crippen molar-refractivity contribution in [1.29, 1.82) is 0 Å². The number of carbonyl (C=O) groups is 2. The summed E-state index contributed by atoms with van der Waals surface area (Å²) in [6, 6.07) is 21.1. The van der Waals surface area contributed by atoms with Gasteiger partial charge in [0, 0.05) is 42.5 Å². The van der Waals surface area contributed by atoms with Crippen molar-refractivity contribution in [2.24, 2.45) is 0 Å². The molecule has 0 spiro atoms. The van der Waals surface area contributed by atoms with E-state index >= 15 is 0 Å². The molecular weight excluding hydrogens is 593 g/mol. The number of unbranched alkanes of at least 4 members (excludes halogenated alkanes) is 1. The number of carbonyl (C=O) groups excluding carboxylic acids is 2. The third-order valence-corrected chi connectivity index (χ3v) is 9.02. The third-order valence-electron chi connectivity index (χ3n) is 7.06. The molecule has 226 valence electrons. The van der Waals surface area contributed by atoms with Crippen LogP contribution in [0.1, 0.15) is 49.3 Å². The second-order valence-corrected chi connectivity index (χ2v) is 13.0. The van der Waals surface area contributed by atoms with Crippen molar-refractivity contribution in [2.75, 3.05) is 23.7 Å². The van der Waals surface area contributed by atoms with Crippen LogP contribution in [0.15, 0.2) is 72.8 Å². The van der Waals surface area contributed by atoms with Crippen molar-refractivity contribution < 1.29 is 18.0 Å². The van der Waals surface area contributed by atoms with E-state index in [4.69, 9.17) is 23.2 Å². The topological polar surface area (TPSA) is 86.8 Å². The summed E-state index contributed by atoms with van der Waals surface area (Å²) in [5, 5.41) is 3.96. The lowest BCUT2D eigenvalue weighted by Gasteiger charge is -2.32. The van der Waals surface area contributed by atoms with Crippen molar-refractivity contribution in [3.05, 3.63) is 99.5 Å².